The molecular weight excluding hydrogens is 571 g/mol. The fraction of sp³-hybridized carbons (Fsp3) is 0.208. The van der Waals surface area contributed by atoms with Crippen LogP contribution >= 0.6 is 22.6 Å². The number of rotatable bonds is 4. The normalized spacial score (nSPS) is 21.1. The van der Waals surface area contributed by atoms with Crippen molar-refractivity contribution in [3.05, 3.63) is 68.9 Å². The quantitative estimate of drug-likeness (QED) is 0.381. The number of urea groups is 1. The summed E-state index contributed by atoms with van der Waals surface area (Å²) in [7, 11) is 0. The third-order valence-corrected chi connectivity index (χ3v) is 7.05. The highest BCUT2D eigenvalue weighted by atomic mass is 127. The predicted octanol–water partition coefficient (Wildman–Crippen LogP) is 4.74. The van der Waals surface area contributed by atoms with Crippen LogP contribution in [0.15, 0.2) is 47.6 Å². The van der Waals surface area contributed by atoms with E-state index in [2.05, 4.69) is 20.6 Å². The second kappa shape index (κ2) is 8.33. The van der Waals surface area contributed by atoms with E-state index in [0.29, 0.717) is 36.0 Å². The lowest BCUT2D eigenvalue weighted by molar-refractivity contribution is 0.246. The summed E-state index contributed by atoms with van der Waals surface area (Å²) >= 11 is 1.77. The number of hydrogen-bond donors (Lipinski definition) is 3. The van der Waals surface area contributed by atoms with Crippen LogP contribution in [0.4, 0.5) is 25.1 Å². The van der Waals surface area contributed by atoms with Crippen LogP contribution in [0, 0.1) is 15.2 Å². The van der Waals surface area contributed by atoms with Gasteiger partial charge in [-0.3, -0.25) is 0 Å². The molecule has 0 radical (unpaired) electrons. The van der Waals surface area contributed by atoms with E-state index < -0.39 is 17.7 Å². The number of fused-ring (bicyclic) bond motifs is 4. The summed E-state index contributed by atoms with van der Waals surface area (Å²) in [4.78, 5) is 21.0. The Morgan fingerprint density at radius 2 is 2.06 bits per heavy atom. The van der Waals surface area contributed by atoms with E-state index in [0.717, 1.165) is 29.0 Å². The average molecular weight is 589 g/mol. The van der Waals surface area contributed by atoms with Crippen molar-refractivity contribution in [1.82, 2.24) is 10.3 Å². The minimum Gasteiger partial charge on any atom is -0.487 e. The van der Waals surface area contributed by atoms with Gasteiger partial charge in [-0.05, 0) is 59.3 Å². The number of nitrogens with one attached hydrogen (secondary N) is 2. The molecule has 3 heterocycles. The maximum atomic E-state index is 14.1. The van der Waals surface area contributed by atoms with E-state index in [9.17, 15) is 13.6 Å². The minimum absolute atomic E-state index is 0.0489. The van der Waals surface area contributed by atoms with E-state index in [1.54, 1.807) is 34.9 Å². The Balaban J connectivity index is 1.16. The highest BCUT2D eigenvalue weighted by molar-refractivity contribution is 14.1. The summed E-state index contributed by atoms with van der Waals surface area (Å²) in [5.74, 6) is 1.56. The van der Waals surface area contributed by atoms with Gasteiger partial charge in [0.05, 0.1) is 17.6 Å². The molecule has 3 aliphatic rings. The number of nitrogens with zero attached hydrogens (tertiary/aromatic N) is 2. The van der Waals surface area contributed by atoms with E-state index in [4.69, 9.17) is 15.2 Å². The van der Waals surface area contributed by atoms with Crippen molar-refractivity contribution < 1.29 is 23.0 Å². The third-order valence-electron chi connectivity index (χ3n) is 6.20. The van der Waals surface area contributed by atoms with Gasteiger partial charge < -0.3 is 25.8 Å². The molecule has 4 N–H and O–H groups in total. The van der Waals surface area contributed by atoms with Gasteiger partial charge in [0.15, 0.2) is 11.6 Å². The summed E-state index contributed by atoms with van der Waals surface area (Å²) in [6.07, 6.45) is 2.76. The van der Waals surface area contributed by atoms with Crippen LogP contribution in [0.5, 0.6) is 17.2 Å². The van der Waals surface area contributed by atoms with Gasteiger partial charge in [-0.1, -0.05) is 0 Å². The molecule has 3 atom stereocenters. The summed E-state index contributed by atoms with van der Waals surface area (Å²) in [6.45, 7) is 0. The number of hydrogen-bond acceptors (Lipinski definition) is 6. The molecule has 1 fully saturated rings. The number of benzene rings is 2. The number of ether oxygens (including phenoxy) is 2. The SMILES string of the molecule is NC1=Nc2nccc(Oc3ccc4c(c3)[C@H]3[C@H](NC(=O)Nc5c(F)cc(F)cc5I)[C@H]3O4)c2CC1. The molecule has 1 aromatic heterocycles. The molecule has 0 spiro atoms. The smallest absolute Gasteiger partial charge is 0.319 e. The number of carbonyl (C=O) groups is 1. The lowest BCUT2D eigenvalue weighted by Crippen LogP contribution is -2.34. The summed E-state index contributed by atoms with van der Waals surface area (Å²) in [5.41, 5.74) is 7.59. The predicted molar refractivity (Wildman–Crippen MR) is 133 cm³/mol. The summed E-state index contributed by atoms with van der Waals surface area (Å²) in [5, 5.41) is 5.28. The number of pyridine rings is 1. The Hall–Kier alpha value is -3.48. The van der Waals surface area contributed by atoms with Crippen LogP contribution in [-0.2, 0) is 6.42 Å². The Bertz CT molecular complexity index is 1390. The molecule has 0 unspecified atom stereocenters. The first kappa shape index (κ1) is 22.0. The molecular formula is C24H18F2IN5O3. The number of anilines is 1. The molecule has 1 aliphatic carbocycles. The van der Waals surface area contributed by atoms with Crippen molar-refractivity contribution in [2.75, 3.05) is 5.32 Å². The van der Waals surface area contributed by atoms with E-state index >= 15 is 0 Å². The van der Waals surface area contributed by atoms with E-state index in [1.807, 2.05) is 18.2 Å². The van der Waals surface area contributed by atoms with Crippen molar-refractivity contribution in [2.24, 2.45) is 10.7 Å². The molecule has 1 saturated carbocycles. The monoisotopic (exact) mass is 589 g/mol. The van der Waals surface area contributed by atoms with Gasteiger partial charge in [0.1, 0.15) is 35.0 Å². The number of aliphatic imine (C=N–C) groups is 1. The Labute approximate surface area is 212 Å². The second-order valence-corrected chi connectivity index (χ2v) is 9.66. The van der Waals surface area contributed by atoms with Gasteiger partial charge in [-0.15, -0.1) is 0 Å². The lowest BCUT2D eigenvalue weighted by Gasteiger charge is -2.17. The second-order valence-electron chi connectivity index (χ2n) is 8.49. The van der Waals surface area contributed by atoms with Gasteiger partial charge in [0.25, 0.3) is 0 Å². The van der Waals surface area contributed by atoms with Crippen LogP contribution in [0.1, 0.15) is 23.5 Å². The Kier molecular flexibility index (Phi) is 5.24. The van der Waals surface area contributed by atoms with Gasteiger partial charge in [0.2, 0.25) is 0 Å². The summed E-state index contributed by atoms with van der Waals surface area (Å²) in [6, 6.07) is 8.37. The molecule has 2 aliphatic heterocycles. The highest BCUT2D eigenvalue weighted by Gasteiger charge is 2.59. The van der Waals surface area contributed by atoms with E-state index in [-0.39, 0.29) is 27.3 Å². The lowest BCUT2D eigenvalue weighted by atomic mass is 10.1. The molecule has 178 valence electrons. The topological polar surface area (TPSA) is 111 Å². The van der Waals surface area contributed by atoms with Gasteiger partial charge >= 0.3 is 6.03 Å². The Morgan fingerprint density at radius 1 is 1.20 bits per heavy atom. The van der Waals surface area contributed by atoms with Crippen LogP contribution < -0.4 is 25.8 Å². The molecule has 11 heteroatoms. The molecule has 0 bridgehead atoms. The molecule has 2 amide bonds. The first-order chi connectivity index (χ1) is 16.9. The number of nitrogens with two attached hydrogens (primary N) is 1. The molecule has 0 saturated heterocycles. The van der Waals surface area contributed by atoms with Crippen LogP contribution in [0.2, 0.25) is 0 Å². The number of aromatic nitrogens is 1. The molecule has 35 heavy (non-hydrogen) atoms. The standard InChI is InChI=1S/C24H18F2IN5O3/c25-10-7-14(26)20(15(27)8-10)31-24(33)32-21-19-13-9-11(1-3-16(13)35-22(19)21)34-17-5-6-29-23-12(17)2-4-18(28)30-23/h1,3,5-9,19,21-22H,2,4H2,(H2,28,29,30)(H2,31,32,33)/t19-,21-,22-/m0/s1. The fourth-order valence-electron chi connectivity index (χ4n) is 4.50. The third kappa shape index (κ3) is 4.03. The van der Waals surface area contributed by atoms with Crippen LogP contribution in [-0.4, -0.2) is 29.0 Å². The Morgan fingerprint density at radius 3 is 2.89 bits per heavy atom. The fourth-order valence-corrected chi connectivity index (χ4v) is 5.19. The van der Waals surface area contributed by atoms with Crippen LogP contribution in [0.25, 0.3) is 0 Å². The number of amidine groups is 1. The zero-order valence-corrected chi connectivity index (χ0v) is 20.2. The zero-order chi connectivity index (χ0) is 24.3. The van der Waals surface area contributed by atoms with Crippen molar-refractivity contribution in [3.63, 3.8) is 0 Å². The van der Waals surface area contributed by atoms with Gasteiger partial charge in [-0.2, -0.15) is 0 Å². The number of halogens is 3. The van der Waals surface area contributed by atoms with Gasteiger partial charge in [-0.25, -0.2) is 23.6 Å². The molecule has 3 aromatic rings. The van der Waals surface area contributed by atoms with Crippen molar-refractivity contribution in [3.8, 4) is 17.2 Å². The highest BCUT2D eigenvalue weighted by Crippen LogP contribution is 2.54. The number of amides is 2. The van der Waals surface area contributed by atoms with Crippen molar-refractivity contribution in [1.29, 1.82) is 0 Å². The van der Waals surface area contributed by atoms with Crippen LogP contribution in [0.3, 0.4) is 0 Å². The molecule has 8 nitrogen and oxygen atoms in total. The maximum absolute atomic E-state index is 14.1. The van der Waals surface area contributed by atoms with Gasteiger partial charge in [0, 0.05) is 33.4 Å². The zero-order valence-electron chi connectivity index (χ0n) is 18.0. The van der Waals surface area contributed by atoms with Crippen molar-refractivity contribution >= 4 is 46.0 Å². The maximum Gasteiger partial charge on any atom is 0.319 e. The average Bonchev–Trinajstić information content (AvgIpc) is 3.32. The van der Waals surface area contributed by atoms with E-state index in [1.165, 1.54) is 0 Å². The molecule has 2 aromatic carbocycles. The van der Waals surface area contributed by atoms with Crippen molar-refractivity contribution in [2.45, 2.75) is 30.9 Å². The minimum atomic E-state index is -0.837. The number of carbonyl (C=O) groups excluding carboxylic acids is 1. The summed E-state index contributed by atoms with van der Waals surface area (Å²) < 4.78 is 39.7. The molecule has 6 rings (SSSR count). The largest absolute Gasteiger partial charge is 0.487 e. The first-order valence-electron chi connectivity index (χ1n) is 10.9. The first-order valence-corrected chi connectivity index (χ1v) is 12.0.